The molecule has 2 aliphatic heterocycles. The van der Waals surface area contributed by atoms with Gasteiger partial charge in [-0.05, 0) is 46.7 Å². The molecular formula is C35H70N8O9. The Morgan fingerprint density at radius 1 is 0.865 bits per heavy atom. The average molecular weight is 747 g/mol. The van der Waals surface area contributed by atoms with Crippen LogP contribution >= 0.6 is 0 Å². The number of nitrogens with two attached hydrogens (primary N) is 2. The van der Waals surface area contributed by atoms with Crippen LogP contribution in [0.4, 0.5) is 9.59 Å². The Kier molecular flexibility index (Phi) is 35.9. The Hall–Kier alpha value is -3.83. The fraction of sp³-hybridized carbons (Fsp3) is 0.800. The maximum absolute atomic E-state index is 11.5. The number of nitrogens with one attached hydrogen (secondary N) is 4. The number of carbonyl (C=O) groups excluding carboxylic acids is 7. The van der Waals surface area contributed by atoms with Crippen LogP contribution in [-0.2, 0) is 33.4 Å². The zero-order valence-corrected chi connectivity index (χ0v) is 33.1. The minimum absolute atomic E-state index is 0.0775. The van der Waals surface area contributed by atoms with Crippen molar-refractivity contribution in [2.24, 2.45) is 11.5 Å². The molecule has 8 N–H and O–H groups in total. The summed E-state index contributed by atoms with van der Waals surface area (Å²) >= 11 is 0. The zero-order chi connectivity index (χ0) is 40.3. The van der Waals surface area contributed by atoms with E-state index in [1.54, 1.807) is 27.9 Å². The minimum atomic E-state index is -0.650. The molecule has 304 valence electrons. The Balaban J connectivity index is -0.000000602. The van der Waals surface area contributed by atoms with Gasteiger partial charge in [0.25, 0.3) is 0 Å². The summed E-state index contributed by atoms with van der Waals surface area (Å²) in [5, 5.41) is 10.7. The van der Waals surface area contributed by atoms with Gasteiger partial charge in [-0.25, -0.2) is 19.2 Å². The van der Waals surface area contributed by atoms with Gasteiger partial charge < -0.3 is 47.1 Å². The van der Waals surface area contributed by atoms with Crippen molar-refractivity contribution in [3.05, 3.63) is 0 Å². The number of rotatable bonds is 19. The highest BCUT2D eigenvalue weighted by atomic mass is 16.6. The lowest BCUT2D eigenvalue weighted by atomic mass is 10.2. The molecule has 17 heteroatoms. The zero-order valence-electron chi connectivity index (χ0n) is 33.1. The fourth-order valence-corrected chi connectivity index (χ4v) is 3.96. The Bertz CT molecular complexity index is 977. The smallest absolute Gasteiger partial charge is 0.375 e. The van der Waals surface area contributed by atoms with Crippen LogP contribution in [0.3, 0.4) is 0 Å². The highest BCUT2D eigenvalue weighted by Crippen LogP contribution is 2.00. The highest BCUT2D eigenvalue weighted by Gasteiger charge is 2.27. The van der Waals surface area contributed by atoms with E-state index in [4.69, 9.17) is 11.5 Å². The second-order valence-corrected chi connectivity index (χ2v) is 12.4. The van der Waals surface area contributed by atoms with Gasteiger partial charge in [0.1, 0.15) is 12.6 Å². The third-order valence-electron chi connectivity index (χ3n) is 7.01. The van der Waals surface area contributed by atoms with Crippen molar-refractivity contribution >= 4 is 41.8 Å². The monoisotopic (exact) mass is 747 g/mol. The summed E-state index contributed by atoms with van der Waals surface area (Å²) in [5.74, 6) is -1.23. The van der Waals surface area contributed by atoms with Crippen LogP contribution in [0.2, 0.25) is 0 Å². The van der Waals surface area contributed by atoms with E-state index in [0.717, 1.165) is 32.4 Å². The number of unbranched alkanes of at least 4 members (excludes halogenated alkanes) is 9. The van der Waals surface area contributed by atoms with Crippen LogP contribution < -0.4 is 32.7 Å². The van der Waals surface area contributed by atoms with Crippen molar-refractivity contribution in [1.29, 1.82) is 0 Å². The molecular weight excluding hydrogens is 676 g/mol. The predicted molar refractivity (Wildman–Crippen MR) is 201 cm³/mol. The van der Waals surface area contributed by atoms with Crippen LogP contribution in [0.1, 0.15) is 112 Å². The summed E-state index contributed by atoms with van der Waals surface area (Å²) in [5.41, 5.74) is 10.7. The molecule has 0 aromatic heterocycles. The molecule has 52 heavy (non-hydrogen) atoms. The van der Waals surface area contributed by atoms with Crippen LogP contribution in [0, 0.1) is 0 Å². The maximum Gasteiger partial charge on any atom is 0.417 e. The molecule has 17 nitrogen and oxygen atoms in total. The second-order valence-electron chi connectivity index (χ2n) is 12.4. The van der Waals surface area contributed by atoms with Crippen molar-refractivity contribution in [3.8, 4) is 0 Å². The number of nitrogens with zero attached hydrogens (tertiary/aromatic N) is 2. The number of amides is 5. The Morgan fingerprint density at radius 2 is 1.37 bits per heavy atom. The van der Waals surface area contributed by atoms with E-state index in [2.05, 4.69) is 51.5 Å². The maximum atomic E-state index is 11.5. The molecule has 0 aromatic rings. The van der Waals surface area contributed by atoms with Crippen LogP contribution in [0.5, 0.6) is 0 Å². The van der Waals surface area contributed by atoms with Crippen LogP contribution in [0.15, 0.2) is 0 Å². The van der Waals surface area contributed by atoms with Gasteiger partial charge in [-0.15, -0.1) is 0 Å². The predicted octanol–water partition coefficient (Wildman–Crippen LogP) is 2.15. The molecule has 0 aromatic carbocycles. The van der Waals surface area contributed by atoms with Crippen LogP contribution in [0.25, 0.3) is 0 Å². The van der Waals surface area contributed by atoms with Gasteiger partial charge in [-0.3, -0.25) is 19.3 Å². The van der Waals surface area contributed by atoms with Gasteiger partial charge in [0.15, 0.2) is 0 Å². The highest BCUT2D eigenvalue weighted by molar-refractivity contribution is 5.95. The molecule has 0 spiro atoms. The summed E-state index contributed by atoms with van der Waals surface area (Å²) in [7, 11) is 4.87. The van der Waals surface area contributed by atoms with Crippen molar-refractivity contribution in [1.82, 2.24) is 31.1 Å². The Labute approximate surface area is 311 Å². The van der Waals surface area contributed by atoms with E-state index in [1.165, 1.54) is 74.6 Å². The normalized spacial score (nSPS) is 14.7. The average Bonchev–Trinajstić information content (AvgIpc) is 3.55. The first-order valence-corrected chi connectivity index (χ1v) is 18.5. The number of cyclic esters (lactones) is 4. The summed E-state index contributed by atoms with van der Waals surface area (Å²) < 4.78 is 8.21. The first-order valence-electron chi connectivity index (χ1n) is 18.5. The number of alkyl carbamates (subject to hydrolysis) is 1. The molecule has 2 saturated heterocycles. The molecule has 0 unspecified atom stereocenters. The van der Waals surface area contributed by atoms with E-state index in [9.17, 15) is 33.6 Å². The summed E-state index contributed by atoms with van der Waals surface area (Å²) in [4.78, 5) is 77.2. The van der Waals surface area contributed by atoms with Crippen molar-refractivity contribution < 1.29 is 43.0 Å². The first-order chi connectivity index (χ1) is 24.6. The van der Waals surface area contributed by atoms with E-state index in [-0.39, 0.29) is 30.8 Å². The summed E-state index contributed by atoms with van der Waals surface area (Å²) in [6.07, 6.45) is 13.3. The van der Waals surface area contributed by atoms with Gasteiger partial charge in [-0.1, -0.05) is 78.6 Å². The molecule has 0 saturated carbocycles. The number of likely N-dealkylation sites (N-methyl/N-ethyl adjacent to an activating group) is 3. The standard InChI is InChI=1S/C12H25N3O2.C9H20N2O.C6H15N.2C4H5NO3/c1-4-5-6-7-8-14-11(16)9-15(3)12(17)10(2)13;1-3-4-5-6-7-11-9(12)8-10-2;1-2-3-4-5-6-7;1-5-2-3(6)8-4(5)7;1-2-3(6)8-4(7)5-2/h10H,4-9,13H2,1-3H3,(H,14,16);10H,3-8H2,1-2H3,(H,11,12);2-7H2,1H3;2H2,1H3;2H,1H3,(H,5,7)/t10-;;;;2-/m0...0/s1. The van der Waals surface area contributed by atoms with Gasteiger partial charge in [-0.2, -0.15) is 0 Å². The quantitative estimate of drug-likeness (QED) is 0.0633. The Morgan fingerprint density at radius 3 is 1.67 bits per heavy atom. The van der Waals surface area contributed by atoms with E-state index >= 15 is 0 Å². The largest absolute Gasteiger partial charge is 0.417 e. The molecule has 5 amide bonds. The first kappa shape index (κ1) is 52.5. The molecule has 0 bridgehead atoms. The lowest BCUT2D eigenvalue weighted by Crippen LogP contribution is -2.44. The van der Waals surface area contributed by atoms with Gasteiger partial charge in [0.05, 0.1) is 19.1 Å². The van der Waals surface area contributed by atoms with Gasteiger partial charge in [0, 0.05) is 27.2 Å². The van der Waals surface area contributed by atoms with Gasteiger partial charge >= 0.3 is 24.1 Å². The van der Waals surface area contributed by atoms with E-state index < -0.39 is 36.2 Å². The lowest BCUT2D eigenvalue weighted by molar-refractivity contribution is -0.135. The number of esters is 2. The number of carbonyl (C=O) groups is 7. The van der Waals surface area contributed by atoms with E-state index in [1.807, 2.05) is 0 Å². The summed E-state index contributed by atoms with van der Waals surface area (Å²) in [6, 6.07) is -1.03. The second kappa shape index (κ2) is 35.6. The van der Waals surface area contributed by atoms with Crippen molar-refractivity contribution in [3.63, 3.8) is 0 Å². The third kappa shape index (κ3) is 33.3. The topological polar surface area (TPSA) is 245 Å². The van der Waals surface area contributed by atoms with Gasteiger partial charge in [0.2, 0.25) is 17.7 Å². The molecule has 0 aliphatic carbocycles. The third-order valence-corrected chi connectivity index (χ3v) is 7.01. The molecule has 2 heterocycles. The van der Waals surface area contributed by atoms with Crippen LogP contribution in [-0.4, -0.2) is 124 Å². The lowest BCUT2D eigenvalue weighted by Gasteiger charge is -2.18. The SMILES string of the molecule is CCCCCCN.CCCCCCNC(=O)CN(C)C(=O)[C@H](C)N.CCCCCCNC(=O)CNC.CN1CC(=O)OC1=O.C[C@@H]1NC(=O)OC1=O. The summed E-state index contributed by atoms with van der Waals surface area (Å²) in [6.45, 7) is 12.7. The molecule has 0 radical (unpaired) electrons. The minimum Gasteiger partial charge on any atom is -0.375 e. The molecule has 2 aliphatic rings. The fourth-order valence-electron chi connectivity index (χ4n) is 3.96. The number of hydrogen-bond acceptors (Lipinski definition) is 12. The molecule has 2 rings (SSSR count). The van der Waals surface area contributed by atoms with Crippen molar-refractivity contribution in [2.75, 3.05) is 60.4 Å². The number of hydrogen-bond donors (Lipinski definition) is 6. The number of ether oxygens (including phenoxy) is 2. The van der Waals surface area contributed by atoms with E-state index in [0.29, 0.717) is 13.1 Å². The van der Waals surface area contributed by atoms with Crippen molar-refractivity contribution in [2.45, 2.75) is 124 Å². The molecule has 2 atom stereocenters. The molecule has 2 fully saturated rings.